The van der Waals surface area contributed by atoms with E-state index >= 15 is 0 Å². The number of halogens is 4. The molecule has 0 aromatic heterocycles. The Morgan fingerprint density at radius 3 is 2.50 bits per heavy atom. The molecule has 1 atom stereocenters. The molecule has 0 aromatic carbocycles. The first-order valence-corrected chi connectivity index (χ1v) is 9.49. The number of likely N-dealkylation sites (tertiary alicyclic amines) is 1. The third-order valence-electron chi connectivity index (χ3n) is 5.65. The van der Waals surface area contributed by atoms with Crippen LogP contribution in [0.25, 0.3) is 0 Å². The van der Waals surface area contributed by atoms with Crippen LogP contribution >= 0.6 is 24.0 Å². The van der Waals surface area contributed by atoms with Crippen molar-refractivity contribution in [2.75, 3.05) is 46.3 Å². The zero-order valence-electron chi connectivity index (χ0n) is 16.2. The fraction of sp³-hybridized carbons (Fsp3) is 0.944. The number of guanidine groups is 1. The Hall–Kier alpha value is -0.250. The predicted octanol–water partition coefficient (Wildman–Crippen LogP) is 3.97. The lowest BCUT2D eigenvalue weighted by Crippen LogP contribution is -2.44. The largest absolute Gasteiger partial charge is 0.401 e. The Morgan fingerprint density at radius 2 is 1.96 bits per heavy atom. The summed E-state index contributed by atoms with van der Waals surface area (Å²) in [6.45, 7) is 6.81. The SMILES string of the molecule is CCN(CC1CCN(C(=NC)NCC2(C)CCCC2)C1)CC(F)(F)F.I. The van der Waals surface area contributed by atoms with Crippen LogP contribution in [0, 0.1) is 11.3 Å². The van der Waals surface area contributed by atoms with Crippen molar-refractivity contribution in [3.8, 4) is 0 Å². The first kappa shape index (κ1) is 23.8. The van der Waals surface area contributed by atoms with E-state index < -0.39 is 12.7 Å². The summed E-state index contributed by atoms with van der Waals surface area (Å²) in [4.78, 5) is 8.10. The molecule has 1 aliphatic carbocycles. The fourth-order valence-electron chi connectivity index (χ4n) is 4.13. The van der Waals surface area contributed by atoms with Crippen molar-refractivity contribution in [2.45, 2.75) is 52.1 Å². The maximum absolute atomic E-state index is 12.6. The summed E-state index contributed by atoms with van der Waals surface area (Å²) in [6, 6.07) is 0. The van der Waals surface area contributed by atoms with E-state index in [-0.39, 0.29) is 29.9 Å². The molecule has 1 heterocycles. The molecule has 0 amide bonds. The van der Waals surface area contributed by atoms with Crippen LogP contribution in [-0.4, -0.2) is 68.3 Å². The second-order valence-electron chi connectivity index (χ2n) is 7.96. The van der Waals surface area contributed by atoms with Crippen LogP contribution in [0.4, 0.5) is 13.2 Å². The monoisotopic (exact) mass is 490 g/mol. The van der Waals surface area contributed by atoms with Crippen LogP contribution in [0.15, 0.2) is 4.99 Å². The minimum Gasteiger partial charge on any atom is -0.356 e. The summed E-state index contributed by atoms with van der Waals surface area (Å²) in [7, 11) is 1.79. The van der Waals surface area contributed by atoms with Gasteiger partial charge in [0.1, 0.15) is 0 Å². The van der Waals surface area contributed by atoms with Crippen molar-refractivity contribution in [3.05, 3.63) is 0 Å². The quantitative estimate of drug-likeness (QED) is 0.348. The van der Waals surface area contributed by atoms with Gasteiger partial charge in [0, 0.05) is 33.2 Å². The van der Waals surface area contributed by atoms with E-state index in [2.05, 4.69) is 22.1 Å². The average molecular weight is 490 g/mol. The van der Waals surface area contributed by atoms with Gasteiger partial charge in [-0.25, -0.2) is 0 Å². The Bertz CT molecular complexity index is 450. The number of nitrogens with zero attached hydrogens (tertiary/aromatic N) is 3. The van der Waals surface area contributed by atoms with Crippen LogP contribution in [0.1, 0.15) is 46.0 Å². The molecule has 26 heavy (non-hydrogen) atoms. The highest BCUT2D eigenvalue weighted by Gasteiger charge is 2.33. The van der Waals surface area contributed by atoms with Gasteiger partial charge in [0.05, 0.1) is 6.54 Å². The minimum atomic E-state index is -4.12. The molecular formula is C18H34F3IN4. The summed E-state index contributed by atoms with van der Waals surface area (Å²) in [5.41, 5.74) is 0.348. The summed E-state index contributed by atoms with van der Waals surface area (Å²) < 4.78 is 37.9. The Morgan fingerprint density at radius 1 is 1.31 bits per heavy atom. The summed E-state index contributed by atoms with van der Waals surface area (Å²) in [6.07, 6.45) is 1.91. The lowest BCUT2D eigenvalue weighted by atomic mass is 9.89. The maximum atomic E-state index is 12.6. The normalized spacial score (nSPS) is 23.4. The average Bonchev–Trinajstić information content (AvgIpc) is 3.16. The fourth-order valence-corrected chi connectivity index (χ4v) is 4.13. The molecule has 8 heteroatoms. The summed E-state index contributed by atoms with van der Waals surface area (Å²) in [5, 5.41) is 3.50. The Balaban J connectivity index is 0.00000338. The van der Waals surface area contributed by atoms with E-state index in [1.807, 2.05) is 0 Å². The first-order valence-electron chi connectivity index (χ1n) is 9.49. The molecule has 1 saturated carbocycles. The molecule has 1 saturated heterocycles. The molecule has 4 nitrogen and oxygen atoms in total. The molecule has 1 unspecified atom stereocenters. The number of rotatable bonds is 6. The standard InChI is InChI=1S/C18H33F3N4.HI/c1-4-24(14-18(19,20)21)11-15-7-10-25(12-15)16(22-3)23-13-17(2)8-5-6-9-17;/h15H,4-14H2,1-3H3,(H,22,23);1H. The molecule has 1 aliphatic heterocycles. The zero-order valence-corrected chi connectivity index (χ0v) is 18.6. The third-order valence-corrected chi connectivity index (χ3v) is 5.65. The van der Waals surface area contributed by atoms with E-state index in [9.17, 15) is 13.2 Å². The summed E-state index contributed by atoms with van der Waals surface area (Å²) in [5.74, 6) is 1.16. The molecule has 0 bridgehead atoms. The van der Waals surface area contributed by atoms with Gasteiger partial charge in [-0.2, -0.15) is 13.2 Å². The molecule has 2 rings (SSSR count). The van der Waals surface area contributed by atoms with Gasteiger partial charge >= 0.3 is 6.18 Å². The van der Waals surface area contributed by atoms with Crippen LogP contribution in [0.5, 0.6) is 0 Å². The van der Waals surface area contributed by atoms with Crippen molar-refractivity contribution in [3.63, 3.8) is 0 Å². The Labute approximate surface area is 173 Å². The van der Waals surface area contributed by atoms with Crippen molar-refractivity contribution in [1.29, 1.82) is 0 Å². The number of nitrogens with one attached hydrogen (secondary N) is 1. The van der Waals surface area contributed by atoms with Gasteiger partial charge in [0.15, 0.2) is 5.96 Å². The molecule has 2 fully saturated rings. The predicted molar refractivity (Wildman–Crippen MR) is 111 cm³/mol. The van der Waals surface area contributed by atoms with Gasteiger partial charge in [-0.05, 0) is 37.1 Å². The van der Waals surface area contributed by atoms with Gasteiger partial charge in [-0.1, -0.05) is 26.7 Å². The third kappa shape index (κ3) is 7.40. The first-order chi connectivity index (χ1) is 11.7. The minimum absolute atomic E-state index is 0. The van der Waals surface area contributed by atoms with E-state index in [0.717, 1.165) is 32.0 Å². The van der Waals surface area contributed by atoms with E-state index in [1.165, 1.54) is 30.6 Å². The van der Waals surface area contributed by atoms with Crippen molar-refractivity contribution in [1.82, 2.24) is 15.1 Å². The second kappa shape index (κ2) is 10.3. The van der Waals surface area contributed by atoms with Crippen LogP contribution < -0.4 is 5.32 Å². The molecule has 1 N–H and O–H groups in total. The number of alkyl halides is 3. The second-order valence-corrected chi connectivity index (χ2v) is 7.96. The molecule has 2 aliphatic rings. The highest BCUT2D eigenvalue weighted by molar-refractivity contribution is 14.0. The summed E-state index contributed by atoms with van der Waals surface area (Å²) >= 11 is 0. The topological polar surface area (TPSA) is 30.9 Å². The number of aliphatic imine (C=N–C) groups is 1. The Kier molecular flexibility index (Phi) is 9.46. The molecule has 0 spiro atoms. The van der Waals surface area contributed by atoms with Gasteiger partial charge in [0.2, 0.25) is 0 Å². The van der Waals surface area contributed by atoms with Crippen molar-refractivity contribution < 1.29 is 13.2 Å². The van der Waals surface area contributed by atoms with Gasteiger partial charge in [-0.15, -0.1) is 24.0 Å². The van der Waals surface area contributed by atoms with E-state index in [4.69, 9.17) is 0 Å². The molecule has 0 aromatic rings. The van der Waals surface area contributed by atoms with Crippen molar-refractivity contribution >= 4 is 29.9 Å². The maximum Gasteiger partial charge on any atom is 0.401 e. The lowest BCUT2D eigenvalue weighted by molar-refractivity contribution is -0.146. The molecule has 0 radical (unpaired) electrons. The van der Waals surface area contributed by atoms with E-state index in [1.54, 1.807) is 14.0 Å². The number of hydrogen-bond acceptors (Lipinski definition) is 2. The molecule has 154 valence electrons. The van der Waals surface area contributed by atoms with Gasteiger partial charge < -0.3 is 10.2 Å². The van der Waals surface area contributed by atoms with Gasteiger partial charge in [0.25, 0.3) is 0 Å². The lowest BCUT2D eigenvalue weighted by Gasteiger charge is -2.29. The smallest absolute Gasteiger partial charge is 0.356 e. The highest BCUT2D eigenvalue weighted by atomic mass is 127. The number of hydrogen-bond donors (Lipinski definition) is 1. The van der Waals surface area contributed by atoms with Crippen LogP contribution in [0.3, 0.4) is 0 Å². The van der Waals surface area contributed by atoms with Crippen LogP contribution in [-0.2, 0) is 0 Å². The molecular weight excluding hydrogens is 456 g/mol. The zero-order chi connectivity index (χ0) is 18.5. The van der Waals surface area contributed by atoms with Crippen LogP contribution in [0.2, 0.25) is 0 Å². The highest BCUT2D eigenvalue weighted by Crippen LogP contribution is 2.36. The van der Waals surface area contributed by atoms with E-state index in [0.29, 0.717) is 18.5 Å². The van der Waals surface area contributed by atoms with Gasteiger partial charge in [-0.3, -0.25) is 9.89 Å². The van der Waals surface area contributed by atoms with Crippen molar-refractivity contribution in [2.24, 2.45) is 16.3 Å².